The lowest BCUT2D eigenvalue weighted by Crippen LogP contribution is -2.53. The van der Waals surface area contributed by atoms with Crippen molar-refractivity contribution >= 4 is 10.0 Å². The molecule has 0 aromatic rings. The van der Waals surface area contributed by atoms with E-state index >= 15 is 0 Å². The predicted octanol–water partition coefficient (Wildman–Crippen LogP) is 1.15. The maximum absolute atomic E-state index is 12.6. The summed E-state index contributed by atoms with van der Waals surface area (Å²) in [4.78, 5) is 0. The third kappa shape index (κ3) is 2.61. The minimum atomic E-state index is -4.43. The highest BCUT2D eigenvalue weighted by Gasteiger charge is 2.41. The molecule has 4 nitrogen and oxygen atoms in total. The van der Waals surface area contributed by atoms with Crippen molar-refractivity contribution in [3.05, 3.63) is 0 Å². The van der Waals surface area contributed by atoms with Crippen LogP contribution in [-0.4, -0.2) is 43.7 Å². The molecule has 2 unspecified atom stereocenters. The summed E-state index contributed by atoms with van der Waals surface area (Å²) in [5.74, 6) is -3.30. The third-order valence-corrected chi connectivity index (χ3v) is 5.17. The van der Waals surface area contributed by atoms with Crippen LogP contribution in [0.3, 0.4) is 0 Å². The van der Waals surface area contributed by atoms with Gasteiger partial charge in [0.1, 0.15) is 0 Å². The first kappa shape index (κ1) is 13.2. The zero-order valence-corrected chi connectivity index (χ0v) is 10.4. The molecule has 0 radical (unpaired) electrons. The van der Waals surface area contributed by atoms with Crippen LogP contribution in [0.4, 0.5) is 8.78 Å². The number of nitrogens with one attached hydrogen (secondary N) is 1. The summed E-state index contributed by atoms with van der Waals surface area (Å²) in [6.45, 7) is 1.08. The highest BCUT2D eigenvalue weighted by atomic mass is 32.2. The van der Waals surface area contributed by atoms with Gasteiger partial charge in [-0.05, 0) is 32.2 Å². The number of halogens is 2. The van der Waals surface area contributed by atoms with Crippen molar-refractivity contribution in [2.75, 3.05) is 13.1 Å². The Hall–Kier alpha value is -0.270. The second-order valence-electron chi connectivity index (χ2n) is 4.68. The summed E-state index contributed by atoms with van der Waals surface area (Å²) in [6, 6.07) is -0.242. The largest absolute Gasteiger partial charge is 0.350 e. The quantitative estimate of drug-likeness (QED) is 0.835. The van der Waals surface area contributed by atoms with Crippen LogP contribution in [0, 0.1) is 0 Å². The van der Waals surface area contributed by atoms with Crippen molar-refractivity contribution in [2.45, 2.75) is 49.9 Å². The van der Waals surface area contributed by atoms with Gasteiger partial charge in [-0.25, -0.2) is 8.42 Å². The Morgan fingerprint density at radius 3 is 2.53 bits per heavy atom. The van der Waals surface area contributed by atoms with Gasteiger partial charge in [-0.1, -0.05) is 6.42 Å². The third-order valence-electron chi connectivity index (χ3n) is 3.61. The first-order chi connectivity index (χ1) is 8.03. The highest BCUT2D eigenvalue weighted by molar-refractivity contribution is 7.89. The number of piperidine rings is 1. The highest BCUT2D eigenvalue weighted by Crippen LogP contribution is 2.28. The molecule has 2 heterocycles. The van der Waals surface area contributed by atoms with Crippen LogP contribution in [-0.2, 0) is 10.0 Å². The van der Waals surface area contributed by atoms with Gasteiger partial charge in [-0.3, -0.25) is 0 Å². The maximum atomic E-state index is 12.6. The van der Waals surface area contributed by atoms with E-state index in [1.54, 1.807) is 0 Å². The molecule has 2 aliphatic rings. The predicted molar refractivity (Wildman–Crippen MR) is 60.3 cm³/mol. The van der Waals surface area contributed by atoms with Gasteiger partial charge in [0, 0.05) is 18.6 Å². The lowest BCUT2D eigenvalue weighted by atomic mass is 9.97. The van der Waals surface area contributed by atoms with Gasteiger partial charge >= 0.3 is 5.76 Å². The van der Waals surface area contributed by atoms with Gasteiger partial charge in [-0.15, -0.1) is 0 Å². The van der Waals surface area contributed by atoms with E-state index in [0.29, 0.717) is 12.8 Å². The minimum absolute atomic E-state index is 0.0452. The van der Waals surface area contributed by atoms with E-state index in [9.17, 15) is 17.2 Å². The summed E-state index contributed by atoms with van der Waals surface area (Å²) in [6.07, 6.45) is 4.14. The fourth-order valence-corrected chi connectivity index (χ4v) is 4.01. The molecular weight excluding hydrogens is 250 g/mol. The lowest BCUT2D eigenvalue weighted by molar-refractivity contribution is 0.174. The number of hydrogen-bond acceptors (Lipinski definition) is 3. The van der Waals surface area contributed by atoms with E-state index in [4.69, 9.17) is 0 Å². The van der Waals surface area contributed by atoms with Crippen molar-refractivity contribution in [3.8, 4) is 0 Å². The van der Waals surface area contributed by atoms with Crippen molar-refractivity contribution in [2.24, 2.45) is 0 Å². The van der Waals surface area contributed by atoms with E-state index in [1.807, 2.05) is 0 Å². The van der Waals surface area contributed by atoms with Crippen LogP contribution >= 0.6 is 0 Å². The number of rotatable bonds is 3. The molecule has 0 spiro atoms. The second kappa shape index (κ2) is 5.16. The topological polar surface area (TPSA) is 49.4 Å². The molecule has 1 N–H and O–H groups in total. The van der Waals surface area contributed by atoms with Crippen molar-refractivity contribution < 1.29 is 17.2 Å². The number of nitrogens with zero attached hydrogens (tertiary/aromatic N) is 1. The summed E-state index contributed by atoms with van der Waals surface area (Å²) < 4.78 is 49.4. The van der Waals surface area contributed by atoms with Crippen LogP contribution in [0.5, 0.6) is 0 Å². The fourth-order valence-electron chi connectivity index (χ4n) is 2.79. The van der Waals surface area contributed by atoms with E-state index in [0.717, 1.165) is 30.1 Å². The minimum Gasteiger partial charge on any atom is -0.312 e. The summed E-state index contributed by atoms with van der Waals surface area (Å²) >= 11 is 0. The molecule has 0 bridgehead atoms. The van der Waals surface area contributed by atoms with Gasteiger partial charge in [-0.2, -0.15) is 13.1 Å². The molecule has 0 aromatic carbocycles. The molecule has 0 aromatic heterocycles. The van der Waals surface area contributed by atoms with Crippen molar-refractivity contribution in [3.63, 3.8) is 0 Å². The van der Waals surface area contributed by atoms with E-state index < -0.39 is 15.8 Å². The van der Waals surface area contributed by atoms with E-state index in [1.165, 1.54) is 0 Å². The van der Waals surface area contributed by atoms with Gasteiger partial charge in [0.15, 0.2) is 0 Å². The molecule has 2 rings (SSSR count). The van der Waals surface area contributed by atoms with Crippen molar-refractivity contribution in [1.82, 2.24) is 9.62 Å². The maximum Gasteiger partial charge on any atom is 0.350 e. The van der Waals surface area contributed by atoms with Crippen LogP contribution in [0.2, 0.25) is 0 Å². The molecule has 2 atom stereocenters. The Labute approximate surface area is 100 Å². The smallest absolute Gasteiger partial charge is 0.312 e. The molecule has 100 valence electrons. The molecule has 2 fully saturated rings. The van der Waals surface area contributed by atoms with E-state index in [-0.39, 0.29) is 18.6 Å². The molecule has 17 heavy (non-hydrogen) atoms. The first-order valence-corrected chi connectivity index (χ1v) is 7.56. The SMILES string of the molecule is O=S(=O)(C(F)F)N1CCCCC1C1CCCN1. The van der Waals surface area contributed by atoms with Crippen LogP contribution in [0.15, 0.2) is 0 Å². The van der Waals surface area contributed by atoms with Crippen LogP contribution in [0.1, 0.15) is 32.1 Å². The zero-order chi connectivity index (χ0) is 12.5. The Morgan fingerprint density at radius 1 is 1.18 bits per heavy atom. The molecular formula is C10H18F2N2O2S. The average molecular weight is 268 g/mol. The summed E-state index contributed by atoms with van der Waals surface area (Å²) in [5, 5.41) is 3.22. The van der Waals surface area contributed by atoms with Gasteiger partial charge in [0.2, 0.25) is 0 Å². The average Bonchev–Trinajstić information content (AvgIpc) is 2.82. The van der Waals surface area contributed by atoms with Gasteiger partial charge in [0.25, 0.3) is 10.0 Å². The van der Waals surface area contributed by atoms with Crippen LogP contribution < -0.4 is 5.32 Å². The van der Waals surface area contributed by atoms with Gasteiger partial charge in [0.05, 0.1) is 0 Å². The zero-order valence-electron chi connectivity index (χ0n) is 9.61. The first-order valence-electron chi connectivity index (χ1n) is 6.05. The Bertz CT molecular complexity index is 355. The standard InChI is InChI=1S/C10H18F2N2O2S/c11-10(12)17(15,16)14-7-2-1-5-9(14)8-4-3-6-13-8/h8-10,13H,1-7H2. The Balaban J connectivity index is 2.17. The van der Waals surface area contributed by atoms with Crippen LogP contribution in [0.25, 0.3) is 0 Å². The molecule has 2 aliphatic heterocycles. The Kier molecular flexibility index (Phi) is 3.99. The Morgan fingerprint density at radius 2 is 1.94 bits per heavy atom. The number of alkyl halides is 2. The van der Waals surface area contributed by atoms with E-state index in [2.05, 4.69) is 5.32 Å². The normalized spacial score (nSPS) is 32.2. The summed E-state index contributed by atoms with van der Waals surface area (Å²) in [7, 11) is -4.43. The molecule has 0 saturated carbocycles. The molecule has 2 saturated heterocycles. The van der Waals surface area contributed by atoms with Crippen molar-refractivity contribution in [1.29, 1.82) is 0 Å². The molecule has 0 amide bonds. The second-order valence-corrected chi connectivity index (χ2v) is 6.54. The monoisotopic (exact) mass is 268 g/mol. The number of sulfonamides is 1. The molecule has 7 heteroatoms. The van der Waals surface area contributed by atoms with Gasteiger partial charge < -0.3 is 5.32 Å². The fraction of sp³-hybridized carbons (Fsp3) is 1.00. The molecule has 0 aliphatic carbocycles. The number of hydrogen-bond donors (Lipinski definition) is 1. The summed E-state index contributed by atoms with van der Waals surface area (Å²) in [5.41, 5.74) is 0. The lowest BCUT2D eigenvalue weighted by Gasteiger charge is -2.37.